The molecule has 0 aromatic heterocycles. The molecule has 0 radical (unpaired) electrons. The topological polar surface area (TPSA) is 29.5 Å². The minimum atomic E-state index is -4.52. The van der Waals surface area contributed by atoms with Crippen LogP contribution in [0.15, 0.2) is 48.5 Å². The van der Waals surface area contributed by atoms with Crippen LogP contribution in [0.4, 0.5) is 13.2 Å². The molecule has 0 unspecified atom stereocenters. The summed E-state index contributed by atoms with van der Waals surface area (Å²) >= 11 is 0. The van der Waals surface area contributed by atoms with E-state index in [0.29, 0.717) is 5.75 Å². The number of halogens is 3. The lowest BCUT2D eigenvalue weighted by atomic mass is 10.1. The van der Waals surface area contributed by atoms with E-state index in [4.69, 9.17) is 9.84 Å². The van der Waals surface area contributed by atoms with E-state index in [-0.39, 0.29) is 11.3 Å². The van der Waals surface area contributed by atoms with Crippen LogP contribution in [-0.2, 0) is 12.8 Å². The van der Waals surface area contributed by atoms with Crippen molar-refractivity contribution in [3.05, 3.63) is 59.7 Å². The summed E-state index contributed by atoms with van der Waals surface area (Å²) in [7, 11) is 0. The Labute approximate surface area is 108 Å². The van der Waals surface area contributed by atoms with Crippen LogP contribution in [0.2, 0.25) is 0 Å². The SMILES string of the molecule is OCc1ccc(Oc2ccccc2)cc1C(F)(F)F. The molecule has 0 saturated heterocycles. The number of para-hydroxylation sites is 1. The van der Waals surface area contributed by atoms with Crippen molar-refractivity contribution in [3.8, 4) is 11.5 Å². The second-order valence-corrected chi connectivity index (χ2v) is 3.89. The highest BCUT2D eigenvalue weighted by molar-refractivity contribution is 5.39. The van der Waals surface area contributed by atoms with E-state index in [1.165, 1.54) is 12.1 Å². The molecule has 100 valence electrons. The quantitative estimate of drug-likeness (QED) is 0.912. The van der Waals surface area contributed by atoms with E-state index < -0.39 is 18.3 Å². The first-order chi connectivity index (χ1) is 9.00. The normalized spacial score (nSPS) is 11.4. The molecule has 2 nitrogen and oxygen atoms in total. The second kappa shape index (κ2) is 5.32. The van der Waals surface area contributed by atoms with Gasteiger partial charge in [-0.3, -0.25) is 0 Å². The smallest absolute Gasteiger partial charge is 0.416 e. The number of hydrogen-bond donors (Lipinski definition) is 1. The van der Waals surface area contributed by atoms with Crippen molar-refractivity contribution in [3.63, 3.8) is 0 Å². The van der Waals surface area contributed by atoms with Gasteiger partial charge in [0.1, 0.15) is 11.5 Å². The summed E-state index contributed by atoms with van der Waals surface area (Å²) < 4.78 is 43.7. The highest BCUT2D eigenvalue weighted by Crippen LogP contribution is 2.35. The maximum absolute atomic E-state index is 12.8. The molecule has 0 spiro atoms. The van der Waals surface area contributed by atoms with Crippen LogP contribution in [0.25, 0.3) is 0 Å². The second-order valence-electron chi connectivity index (χ2n) is 3.89. The summed E-state index contributed by atoms with van der Waals surface area (Å²) in [6.45, 7) is -0.666. The maximum atomic E-state index is 12.8. The number of benzene rings is 2. The average molecular weight is 268 g/mol. The number of ether oxygens (including phenoxy) is 1. The molecule has 2 aromatic rings. The lowest BCUT2D eigenvalue weighted by Gasteiger charge is -2.13. The first-order valence-corrected chi connectivity index (χ1v) is 5.54. The lowest BCUT2D eigenvalue weighted by Crippen LogP contribution is -2.09. The maximum Gasteiger partial charge on any atom is 0.416 e. The van der Waals surface area contributed by atoms with Crippen molar-refractivity contribution in [1.82, 2.24) is 0 Å². The van der Waals surface area contributed by atoms with Crippen LogP contribution in [0.3, 0.4) is 0 Å². The van der Waals surface area contributed by atoms with Crippen LogP contribution in [-0.4, -0.2) is 5.11 Å². The molecule has 0 heterocycles. The van der Waals surface area contributed by atoms with Gasteiger partial charge in [0, 0.05) is 0 Å². The Bertz CT molecular complexity index is 550. The monoisotopic (exact) mass is 268 g/mol. The number of alkyl halides is 3. The lowest BCUT2D eigenvalue weighted by molar-refractivity contribution is -0.138. The molecular weight excluding hydrogens is 257 g/mol. The first kappa shape index (κ1) is 13.4. The summed E-state index contributed by atoms with van der Waals surface area (Å²) in [5.74, 6) is 0.531. The molecule has 0 amide bonds. The van der Waals surface area contributed by atoms with Gasteiger partial charge < -0.3 is 9.84 Å². The Balaban J connectivity index is 2.33. The number of hydrogen-bond acceptors (Lipinski definition) is 2. The van der Waals surface area contributed by atoms with Gasteiger partial charge in [-0.1, -0.05) is 24.3 Å². The molecule has 0 aliphatic heterocycles. The van der Waals surface area contributed by atoms with E-state index in [0.717, 1.165) is 6.07 Å². The van der Waals surface area contributed by atoms with Gasteiger partial charge in [-0.15, -0.1) is 0 Å². The van der Waals surface area contributed by atoms with Gasteiger partial charge in [0.15, 0.2) is 0 Å². The molecule has 2 aromatic carbocycles. The molecule has 0 aliphatic carbocycles. The minimum Gasteiger partial charge on any atom is -0.457 e. The zero-order valence-corrected chi connectivity index (χ0v) is 9.82. The Kier molecular flexibility index (Phi) is 3.76. The molecule has 1 N–H and O–H groups in total. The van der Waals surface area contributed by atoms with E-state index in [2.05, 4.69) is 0 Å². The molecule has 0 bridgehead atoms. The van der Waals surface area contributed by atoms with Crippen LogP contribution in [0.5, 0.6) is 11.5 Å². The number of aliphatic hydroxyl groups is 1. The zero-order valence-electron chi connectivity index (χ0n) is 9.82. The fourth-order valence-corrected chi connectivity index (χ4v) is 1.65. The molecule has 0 atom stereocenters. The average Bonchev–Trinajstić information content (AvgIpc) is 2.39. The Morgan fingerprint density at radius 1 is 0.947 bits per heavy atom. The van der Waals surface area contributed by atoms with Crippen LogP contribution in [0.1, 0.15) is 11.1 Å². The first-order valence-electron chi connectivity index (χ1n) is 5.54. The fraction of sp³-hybridized carbons (Fsp3) is 0.143. The fourth-order valence-electron chi connectivity index (χ4n) is 1.65. The van der Waals surface area contributed by atoms with Gasteiger partial charge in [0.25, 0.3) is 0 Å². The molecule has 2 rings (SSSR count). The van der Waals surface area contributed by atoms with Crippen LogP contribution < -0.4 is 4.74 Å². The van der Waals surface area contributed by atoms with E-state index in [9.17, 15) is 13.2 Å². The molecule has 0 aliphatic rings. The van der Waals surface area contributed by atoms with Gasteiger partial charge in [0.2, 0.25) is 0 Å². The largest absolute Gasteiger partial charge is 0.457 e. The van der Waals surface area contributed by atoms with Crippen LogP contribution in [0, 0.1) is 0 Å². The van der Waals surface area contributed by atoms with Crippen molar-refractivity contribution in [2.75, 3.05) is 0 Å². The van der Waals surface area contributed by atoms with Crippen molar-refractivity contribution in [2.24, 2.45) is 0 Å². The minimum absolute atomic E-state index is 0.0794. The predicted molar refractivity (Wildman–Crippen MR) is 63.9 cm³/mol. The van der Waals surface area contributed by atoms with Crippen molar-refractivity contribution in [2.45, 2.75) is 12.8 Å². The predicted octanol–water partition coefficient (Wildman–Crippen LogP) is 3.99. The molecule has 0 saturated carbocycles. The van der Waals surface area contributed by atoms with Gasteiger partial charge in [-0.05, 0) is 29.8 Å². The highest BCUT2D eigenvalue weighted by Gasteiger charge is 2.33. The van der Waals surface area contributed by atoms with Crippen LogP contribution >= 0.6 is 0 Å². The molecule has 0 fully saturated rings. The molecule has 19 heavy (non-hydrogen) atoms. The van der Waals surface area contributed by atoms with E-state index >= 15 is 0 Å². The van der Waals surface area contributed by atoms with Crippen molar-refractivity contribution in [1.29, 1.82) is 0 Å². The van der Waals surface area contributed by atoms with Crippen molar-refractivity contribution < 1.29 is 23.0 Å². The summed E-state index contributed by atoms with van der Waals surface area (Å²) in [5, 5.41) is 8.92. The Hall–Kier alpha value is -2.01. The summed E-state index contributed by atoms with van der Waals surface area (Å²) in [5.41, 5.74) is -1.06. The van der Waals surface area contributed by atoms with Gasteiger partial charge in [-0.25, -0.2) is 0 Å². The van der Waals surface area contributed by atoms with Gasteiger partial charge in [-0.2, -0.15) is 13.2 Å². The van der Waals surface area contributed by atoms with Crippen molar-refractivity contribution >= 4 is 0 Å². The third-order valence-corrected chi connectivity index (χ3v) is 2.54. The van der Waals surface area contributed by atoms with E-state index in [1.54, 1.807) is 30.3 Å². The highest BCUT2D eigenvalue weighted by atomic mass is 19.4. The summed E-state index contributed by atoms with van der Waals surface area (Å²) in [6.07, 6.45) is -4.52. The van der Waals surface area contributed by atoms with E-state index in [1.807, 2.05) is 0 Å². The Morgan fingerprint density at radius 2 is 1.63 bits per heavy atom. The third kappa shape index (κ3) is 3.26. The summed E-state index contributed by atoms with van der Waals surface area (Å²) in [6, 6.07) is 12.0. The van der Waals surface area contributed by atoms with Gasteiger partial charge in [0.05, 0.1) is 12.2 Å². The zero-order chi connectivity index (χ0) is 13.9. The molecule has 5 heteroatoms. The molecular formula is C14H11F3O2. The summed E-state index contributed by atoms with van der Waals surface area (Å²) in [4.78, 5) is 0. The van der Waals surface area contributed by atoms with Gasteiger partial charge >= 0.3 is 6.18 Å². The Morgan fingerprint density at radius 3 is 2.21 bits per heavy atom. The third-order valence-electron chi connectivity index (χ3n) is 2.54. The number of rotatable bonds is 3. The standard InChI is InChI=1S/C14H11F3O2/c15-14(16,17)13-8-12(7-6-10(13)9-18)19-11-4-2-1-3-5-11/h1-8,18H,9H2. The number of aliphatic hydroxyl groups excluding tert-OH is 1.